The summed E-state index contributed by atoms with van der Waals surface area (Å²) in [4.78, 5) is 51.6. The number of hydrogen-bond acceptors (Lipinski definition) is 6. The molecule has 3 unspecified atom stereocenters. The Kier molecular flexibility index (Phi) is 4.83. The minimum absolute atomic E-state index is 0.0438. The summed E-state index contributed by atoms with van der Waals surface area (Å²) < 4.78 is 44.7. The van der Waals surface area contributed by atoms with Crippen LogP contribution in [0.3, 0.4) is 0 Å². The van der Waals surface area contributed by atoms with E-state index in [1.807, 2.05) is 0 Å². The van der Waals surface area contributed by atoms with Crippen molar-refractivity contribution in [2.24, 2.45) is 0 Å². The van der Waals surface area contributed by atoms with Crippen LogP contribution in [0.15, 0.2) is 42.4 Å². The Morgan fingerprint density at radius 2 is 1.97 bits per heavy atom. The monoisotopic (exact) mass is 467 g/mol. The summed E-state index contributed by atoms with van der Waals surface area (Å²) in [5.41, 5.74) is 1.09. The van der Waals surface area contributed by atoms with Crippen molar-refractivity contribution in [3.8, 4) is 5.75 Å². The van der Waals surface area contributed by atoms with Crippen LogP contribution in [0.1, 0.15) is 45.4 Å². The van der Waals surface area contributed by atoms with Gasteiger partial charge in [-0.15, -0.1) is 0 Å². The summed E-state index contributed by atoms with van der Waals surface area (Å²) in [5, 5.41) is 2.26. The molecule has 9 nitrogen and oxygen atoms in total. The second-order valence-electron chi connectivity index (χ2n) is 8.18. The van der Waals surface area contributed by atoms with Crippen molar-refractivity contribution in [1.29, 1.82) is 0 Å². The van der Waals surface area contributed by atoms with E-state index >= 15 is 0 Å². The number of carbonyl (C=O) groups excluding carboxylic acids is 4. The predicted molar refractivity (Wildman–Crippen MR) is 119 cm³/mol. The van der Waals surface area contributed by atoms with Crippen molar-refractivity contribution in [3.05, 3.63) is 64.7 Å². The Morgan fingerprint density at radius 3 is 2.74 bits per heavy atom. The van der Waals surface area contributed by atoms with Crippen LogP contribution in [0, 0.1) is 0 Å². The SMILES string of the molecule is [2H]c1cc(C([2H])Oc2cccc3c2CN(C2CCC(=O)NC2=O)C3=O)cc([2H])c1C([2H])N1CCOCC1=O. The van der Waals surface area contributed by atoms with Crippen LogP contribution in [-0.4, -0.2) is 59.2 Å². The van der Waals surface area contributed by atoms with Crippen molar-refractivity contribution in [3.63, 3.8) is 0 Å². The molecular weight excluding hydrogens is 438 g/mol. The van der Waals surface area contributed by atoms with E-state index < -0.39 is 25.1 Å². The zero-order chi connectivity index (χ0) is 27.1. The standard InChI is InChI=1S/C25H25N3O6/c29-22-9-8-20(24(31)26-22)28-13-19-18(25(28)32)2-1-3-21(19)34-14-17-6-4-16(5-7-17)12-27-10-11-33-15-23(27)30/h1-7,20H,8-15H2,(H,26,29,31)/i4D,5D,12D,14D. The number of piperidine rings is 1. The maximum absolute atomic E-state index is 13.0. The molecule has 5 rings (SSSR count). The minimum atomic E-state index is -1.35. The van der Waals surface area contributed by atoms with Gasteiger partial charge in [0.25, 0.3) is 5.91 Å². The van der Waals surface area contributed by atoms with Gasteiger partial charge in [0, 0.05) is 30.6 Å². The van der Waals surface area contributed by atoms with Crippen molar-refractivity contribution in [1.82, 2.24) is 15.1 Å². The Bertz CT molecular complexity index is 1320. The molecule has 0 spiro atoms. The second-order valence-corrected chi connectivity index (χ2v) is 8.18. The number of nitrogens with zero attached hydrogens (tertiary/aromatic N) is 2. The minimum Gasteiger partial charge on any atom is -0.489 e. The first-order chi connectivity index (χ1) is 18.2. The molecule has 0 bridgehead atoms. The first-order valence-electron chi connectivity index (χ1n) is 13.1. The van der Waals surface area contributed by atoms with E-state index in [0.717, 1.165) is 0 Å². The fourth-order valence-electron chi connectivity index (χ4n) is 4.17. The third kappa shape index (κ3) is 4.38. The molecule has 2 saturated heterocycles. The van der Waals surface area contributed by atoms with Crippen LogP contribution < -0.4 is 10.1 Å². The highest BCUT2D eigenvalue weighted by molar-refractivity contribution is 6.05. The Morgan fingerprint density at radius 1 is 1.15 bits per heavy atom. The lowest BCUT2D eigenvalue weighted by Gasteiger charge is -2.29. The zero-order valence-corrected chi connectivity index (χ0v) is 18.2. The van der Waals surface area contributed by atoms with Crippen LogP contribution in [0.5, 0.6) is 5.75 Å². The Hall–Kier alpha value is -3.72. The number of rotatable bonds is 6. The van der Waals surface area contributed by atoms with Gasteiger partial charge in [0.15, 0.2) is 0 Å². The number of imide groups is 1. The number of nitrogens with one attached hydrogen (secondary N) is 1. The number of fused-ring (bicyclic) bond motifs is 1. The predicted octanol–water partition coefficient (Wildman–Crippen LogP) is 1.39. The highest BCUT2D eigenvalue weighted by atomic mass is 16.5. The summed E-state index contributed by atoms with van der Waals surface area (Å²) in [7, 11) is 0. The molecule has 176 valence electrons. The summed E-state index contributed by atoms with van der Waals surface area (Å²) in [6.07, 6.45) is 0.355. The van der Waals surface area contributed by atoms with Crippen LogP contribution in [0.2, 0.25) is 0 Å². The molecule has 3 atom stereocenters. The molecule has 2 aromatic carbocycles. The number of ether oxygens (including phenoxy) is 2. The maximum Gasteiger partial charge on any atom is 0.255 e. The van der Waals surface area contributed by atoms with Crippen molar-refractivity contribution >= 4 is 23.6 Å². The summed E-state index contributed by atoms with van der Waals surface area (Å²) >= 11 is 0. The first-order valence-corrected chi connectivity index (χ1v) is 10.9. The van der Waals surface area contributed by atoms with E-state index in [9.17, 15) is 19.2 Å². The molecule has 2 aromatic rings. The molecule has 0 saturated carbocycles. The van der Waals surface area contributed by atoms with Gasteiger partial charge >= 0.3 is 0 Å². The van der Waals surface area contributed by atoms with Gasteiger partial charge in [0.05, 0.1) is 18.6 Å². The van der Waals surface area contributed by atoms with Gasteiger partial charge in [-0.05, 0) is 29.7 Å². The number of amides is 4. The smallest absolute Gasteiger partial charge is 0.255 e. The van der Waals surface area contributed by atoms with Gasteiger partial charge in [-0.1, -0.05) is 30.3 Å². The molecule has 34 heavy (non-hydrogen) atoms. The first kappa shape index (κ1) is 17.7. The van der Waals surface area contributed by atoms with Crippen LogP contribution in [0.4, 0.5) is 0 Å². The van der Waals surface area contributed by atoms with E-state index in [-0.39, 0.29) is 85.8 Å². The Balaban J connectivity index is 1.35. The van der Waals surface area contributed by atoms with E-state index in [2.05, 4.69) is 5.32 Å². The third-order valence-corrected chi connectivity index (χ3v) is 5.96. The number of morpholine rings is 1. The molecule has 0 radical (unpaired) electrons. The molecule has 3 aliphatic heterocycles. The average molecular weight is 468 g/mol. The second kappa shape index (κ2) is 9.26. The molecule has 4 amide bonds. The molecule has 3 aliphatic rings. The fourth-order valence-corrected chi connectivity index (χ4v) is 4.17. The van der Waals surface area contributed by atoms with Crippen molar-refractivity contribution < 1.29 is 34.1 Å². The van der Waals surface area contributed by atoms with E-state index in [1.54, 1.807) is 18.2 Å². The molecule has 2 fully saturated rings. The molecular formula is C25H25N3O6. The van der Waals surface area contributed by atoms with E-state index in [1.165, 1.54) is 21.9 Å². The summed E-state index contributed by atoms with van der Waals surface area (Å²) in [6, 6.07) is 6.37. The molecule has 9 heteroatoms. The van der Waals surface area contributed by atoms with Crippen LogP contribution in [0.25, 0.3) is 0 Å². The van der Waals surface area contributed by atoms with Crippen LogP contribution in [-0.2, 0) is 38.8 Å². The summed E-state index contributed by atoms with van der Waals surface area (Å²) in [6.45, 7) is -2.21. The van der Waals surface area contributed by atoms with Crippen molar-refractivity contribution in [2.45, 2.75) is 38.5 Å². The normalized spacial score (nSPS) is 23.9. The quantitative estimate of drug-likeness (QED) is 0.644. The lowest BCUT2D eigenvalue weighted by molar-refractivity contribution is -0.143. The van der Waals surface area contributed by atoms with Gasteiger partial charge in [0.2, 0.25) is 17.7 Å². The number of carbonyl (C=O) groups is 4. The van der Waals surface area contributed by atoms with Gasteiger partial charge in [-0.2, -0.15) is 0 Å². The number of benzene rings is 2. The van der Waals surface area contributed by atoms with Crippen molar-refractivity contribution in [2.75, 3.05) is 19.8 Å². The molecule has 1 N–H and O–H groups in total. The summed E-state index contributed by atoms with van der Waals surface area (Å²) in [5.74, 6) is -1.41. The lowest BCUT2D eigenvalue weighted by atomic mass is 10.0. The third-order valence-electron chi connectivity index (χ3n) is 5.96. The van der Waals surface area contributed by atoms with E-state index in [0.29, 0.717) is 11.1 Å². The lowest BCUT2D eigenvalue weighted by Crippen LogP contribution is -2.52. The molecule has 0 aliphatic carbocycles. The average Bonchev–Trinajstić information content (AvgIpc) is 3.21. The van der Waals surface area contributed by atoms with E-state index in [4.69, 9.17) is 15.0 Å². The van der Waals surface area contributed by atoms with Gasteiger partial charge in [0.1, 0.15) is 25.0 Å². The number of hydrogen-bond donors (Lipinski definition) is 1. The largest absolute Gasteiger partial charge is 0.489 e. The van der Waals surface area contributed by atoms with Gasteiger partial charge < -0.3 is 19.3 Å². The zero-order valence-electron chi connectivity index (χ0n) is 22.2. The highest BCUT2D eigenvalue weighted by Gasteiger charge is 2.40. The van der Waals surface area contributed by atoms with Gasteiger partial charge in [-0.3, -0.25) is 24.5 Å². The molecule has 3 heterocycles. The Labute approximate surface area is 202 Å². The highest BCUT2D eigenvalue weighted by Crippen LogP contribution is 2.34. The molecule has 0 aromatic heterocycles. The maximum atomic E-state index is 13.0. The topological polar surface area (TPSA) is 105 Å². The van der Waals surface area contributed by atoms with Gasteiger partial charge in [-0.25, -0.2) is 0 Å². The fraction of sp³-hybridized carbons (Fsp3) is 0.360. The van der Waals surface area contributed by atoms with Crippen LogP contribution >= 0.6 is 0 Å².